The first-order valence-corrected chi connectivity index (χ1v) is 5.60. The molecule has 4 nitrogen and oxygen atoms in total. The quantitative estimate of drug-likeness (QED) is 0.772. The van der Waals surface area contributed by atoms with Crippen molar-refractivity contribution in [3.63, 3.8) is 0 Å². The van der Waals surface area contributed by atoms with Crippen LogP contribution in [-0.2, 0) is 0 Å². The first kappa shape index (κ1) is 14.2. The molecule has 18 heavy (non-hydrogen) atoms. The molecule has 1 aromatic carbocycles. The monoisotopic (exact) mass is 259 g/mol. The van der Waals surface area contributed by atoms with Crippen LogP contribution < -0.4 is 10.1 Å². The zero-order chi connectivity index (χ0) is 13.5. The number of aromatic hydroxyl groups is 1. The van der Waals surface area contributed by atoms with Gasteiger partial charge in [0, 0.05) is 18.2 Å². The Morgan fingerprint density at radius 1 is 1.44 bits per heavy atom. The summed E-state index contributed by atoms with van der Waals surface area (Å²) >= 11 is 0. The molecule has 1 rings (SSSR count). The Labute approximate surface area is 104 Å². The number of carbonyl (C=O) groups is 1. The Bertz CT molecular complexity index is 410. The lowest BCUT2D eigenvalue weighted by Gasteiger charge is -2.08. The van der Waals surface area contributed by atoms with Crippen molar-refractivity contribution in [2.24, 2.45) is 0 Å². The smallest absolute Gasteiger partial charge is 0.387 e. The van der Waals surface area contributed by atoms with Gasteiger partial charge >= 0.3 is 6.61 Å². The van der Waals surface area contributed by atoms with Crippen molar-refractivity contribution >= 4 is 5.91 Å². The van der Waals surface area contributed by atoms with Crippen LogP contribution in [0.2, 0.25) is 0 Å². The van der Waals surface area contributed by atoms with Gasteiger partial charge in [-0.25, -0.2) is 0 Å². The molecule has 1 amide bonds. The maximum atomic E-state index is 12.0. The number of rotatable bonds is 6. The maximum Gasteiger partial charge on any atom is 0.387 e. The van der Waals surface area contributed by atoms with Gasteiger partial charge < -0.3 is 15.2 Å². The van der Waals surface area contributed by atoms with Gasteiger partial charge in [0.05, 0.1) is 0 Å². The molecule has 0 bridgehead atoms. The molecule has 0 spiro atoms. The van der Waals surface area contributed by atoms with Crippen molar-refractivity contribution in [2.45, 2.75) is 26.4 Å². The third-order valence-electron chi connectivity index (χ3n) is 2.19. The second-order valence-electron chi connectivity index (χ2n) is 3.70. The number of carbonyl (C=O) groups excluding carboxylic acids is 1. The van der Waals surface area contributed by atoms with Crippen molar-refractivity contribution in [3.8, 4) is 11.5 Å². The highest BCUT2D eigenvalue weighted by molar-refractivity contribution is 5.95. The average Bonchev–Trinajstić information content (AvgIpc) is 2.27. The minimum atomic E-state index is -3.00. The molecule has 2 N–H and O–H groups in total. The number of hydrogen-bond acceptors (Lipinski definition) is 3. The average molecular weight is 259 g/mol. The van der Waals surface area contributed by atoms with Crippen molar-refractivity contribution in [2.75, 3.05) is 6.54 Å². The van der Waals surface area contributed by atoms with Gasteiger partial charge in [-0.1, -0.05) is 13.3 Å². The minimum Gasteiger partial charge on any atom is -0.508 e. The molecule has 0 radical (unpaired) electrons. The van der Waals surface area contributed by atoms with Crippen LogP contribution in [0.4, 0.5) is 8.78 Å². The van der Waals surface area contributed by atoms with E-state index in [1.807, 2.05) is 6.92 Å². The molecule has 100 valence electrons. The van der Waals surface area contributed by atoms with E-state index < -0.39 is 12.5 Å². The zero-order valence-corrected chi connectivity index (χ0v) is 9.95. The number of hydrogen-bond donors (Lipinski definition) is 2. The SMILES string of the molecule is CCCCNC(=O)c1cc(O)cc(OC(F)F)c1. The molecule has 6 heteroatoms. The van der Waals surface area contributed by atoms with Crippen LogP contribution in [0.15, 0.2) is 18.2 Å². The second kappa shape index (κ2) is 6.78. The Hall–Kier alpha value is -1.85. The van der Waals surface area contributed by atoms with E-state index in [1.54, 1.807) is 0 Å². The van der Waals surface area contributed by atoms with Crippen LogP contribution in [-0.4, -0.2) is 24.2 Å². The highest BCUT2D eigenvalue weighted by Gasteiger charge is 2.11. The predicted octanol–water partition coefficient (Wildman–Crippen LogP) is 2.52. The van der Waals surface area contributed by atoms with E-state index in [-0.39, 0.29) is 17.1 Å². The van der Waals surface area contributed by atoms with E-state index in [0.717, 1.165) is 25.0 Å². The molecular weight excluding hydrogens is 244 g/mol. The first-order valence-electron chi connectivity index (χ1n) is 5.60. The molecule has 0 saturated heterocycles. The molecule has 0 aliphatic heterocycles. The van der Waals surface area contributed by atoms with Gasteiger partial charge in [-0.2, -0.15) is 8.78 Å². The molecule has 0 atom stereocenters. The zero-order valence-electron chi connectivity index (χ0n) is 9.95. The summed E-state index contributed by atoms with van der Waals surface area (Å²) in [6.07, 6.45) is 1.75. The molecular formula is C12H15F2NO3. The maximum absolute atomic E-state index is 12.0. The lowest BCUT2D eigenvalue weighted by molar-refractivity contribution is -0.0499. The second-order valence-corrected chi connectivity index (χ2v) is 3.70. The highest BCUT2D eigenvalue weighted by Crippen LogP contribution is 2.23. The number of nitrogens with one attached hydrogen (secondary N) is 1. The van der Waals surface area contributed by atoms with Gasteiger partial charge in [-0.05, 0) is 18.6 Å². The number of unbranched alkanes of at least 4 members (excludes halogenated alkanes) is 1. The summed E-state index contributed by atoms with van der Waals surface area (Å²) in [7, 11) is 0. The molecule has 0 heterocycles. The van der Waals surface area contributed by atoms with E-state index in [2.05, 4.69) is 10.1 Å². The van der Waals surface area contributed by atoms with E-state index in [0.29, 0.717) is 6.54 Å². The van der Waals surface area contributed by atoms with Crippen molar-refractivity contribution in [3.05, 3.63) is 23.8 Å². The molecule has 0 saturated carbocycles. The lowest BCUT2D eigenvalue weighted by atomic mass is 10.2. The molecule has 0 aliphatic rings. The Kier molecular flexibility index (Phi) is 5.35. The van der Waals surface area contributed by atoms with E-state index in [4.69, 9.17) is 0 Å². The van der Waals surface area contributed by atoms with Crippen molar-refractivity contribution < 1.29 is 23.4 Å². The summed E-state index contributed by atoms with van der Waals surface area (Å²) in [5, 5.41) is 11.9. The summed E-state index contributed by atoms with van der Waals surface area (Å²) in [6.45, 7) is -0.520. The Morgan fingerprint density at radius 2 is 2.17 bits per heavy atom. The number of amides is 1. The van der Waals surface area contributed by atoms with E-state index in [9.17, 15) is 18.7 Å². The Morgan fingerprint density at radius 3 is 2.78 bits per heavy atom. The number of halogens is 2. The van der Waals surface area contributed by atoms with E-state index >= 15 is 0 Å². The predicted molar refractivity (Wildman–Crippen MR) is 62.0 cm³/mol. The van der Waals surface area contributed by atoms with Gasteiger partial charge in [-0.15, -0.1) is 0 Å². The van der Waals surface area contributed by atoms with E-state index in [1.165, 1.54) is 6.07 Å². The first-order chi connectivity index (χ1) is 8.52. The normalized spacial score (nSPS) is 10.4. The number of ether oxygens (including phenoxy) is 1. The third-order valence-corrected chi connectivity index (χ3v) is 2.19. The van der Waals surface area contributed by atoms with Gasteiger partial charge in [0.15, 0.2) is 0 Å². The highest BCUT2D eigenvalue weighted by atomic mass is 19.3. The Balaban J connectivity index is 2.75. The van der Waals surface area contributed by atoms with Crippen LogP contribution in [0.5, 0.6) is 11.5 Å². The summed E-state index contributed by atoms with van der Waals surface area (Å²) in [5.41, 5.74) is 0.0850. The number of phenols is 1. The largest absolute Gasteiger partial charge is 0.508 e. The molecule has 0 aromatic heterocycles. The van der Waals surface area contributed by atoms with Crippen LogP contribution in [0, 0.1) is 0 Å². The lowest BCUT2D eigenvalue weighted by Crippen LogP contribution is -2.24. The summed E-state index contributed by atoms with van der Waals surface area (Å²) in [5.74, 6) is -0.974. The summed E-state index contributed by atoms with van der Waals surface area (Å²) < 4.78 is 28.2. The van der Waals surface area contributed by atoms with Crippen LogP contribution in [0.3, 0.4) is 0 Å². The van der Waals surface area contributed by atoms with Gasteiger partial charge in [0.2, 0.25) is 0 Å². The molecule has 0 unspecified atom stereocenters. The molecule has 1 aromatic rings. The molecule has 0 aliphatic carbocycles. The van der Waals surface area contributed by atoms with Crippen LogP contribution >= 0.6 is 0 Å². The minimum absolute atomic E-state index is 0.0850. The fourth-order valence-electron chi connectivity index (χ4n) is 1.37. The molecule has 0 fully saturated rings. The summed E-state index contributed by atoms with van der Waals surface area (Å²) in [4.78, 5) is 11.6. The van der Waals surface area contributed by atoms with Crippen LogP contribution in [0.1, 0.15) is 30.1 Å². The topological polar surface area (TPSA) is 58.6 Å². The standard InChI is InChI=1S/C12H15F2NO3/c1-2-3-4-15-11(17)8-5-9(16)7-10(6-8)18-12(13)14/h5-7,12,16H,2-4H2,1H3,(H,15,17). The third kappa shape index (κ3) is 4.57. The van der Waals surface area contributed by atoms with Gasteiger partial charge in [0.25, 0.3) is 5.91 Å². The van der Waals surface area contributed by atoms with Crippen molar-refractivity contribution in [1.29, 1.82) is 0 Å². The van der Waals surface area contributed by atoms with Crippen LogP contribution in [0.25, 0.3) is 0 Å². The van der Waals surface area contributed by atoms with Gasteiger partial charge in [-0.3, -0.25) is 4.79 Å². The number of benzene rings is 1. The number of phenolic OH excluding ortho intramolecular Hbond substituents is 1. The fourth-order valence-corrected chi connectivity index (χ4v) is 1.37. The van der Waals surface area contributed by atoms with Gasteiger partial charge in [0.1, 0.15) is 11.5 Å². The number of alkyl halides is 2. The van der Waals surface area contributed by atoms with Crippen molar-refractivity contribution in [1.82, 2.24) is 5.32 Å². The fraction of sp³-hybridized carbons (Fsp3) is 0.417. The summed E-state index contributed by atoms with van der Waals surface area (Å²) in [6, 6.07) is 3.38.